The van der Waals surface area contributed by atoms with E-state index in [0.29, 0.717) is 6.42 Å². The van der Waals surface area contributed by atoms with E-state index < -0.39 is 12.2 Å². The van der Waals surface area contributed by atoms with Crippen molar-refractivity contribution in [3.63, 3.8) is 0 Å². The molecule has 0 aliphatic carbocycles. The number of ether oxygens (including phenoxy) is 2. The molecule has 7 nitrogen and oxygen atoms in total. The molecule has 0 aromatic rings. The van der Waals surface area contributed by atoms with E-state index in [4.69, 9.17) is 29.9 Å². The summed E-state index contributed by atoms with van der Waals surface area (Å²) < 4.78 is 10.7. The third-order valence-electron chi connectivity index (χ3n) is 12.2. The normalized spacial score (nSPS) is 12.1. The van der Waals surface area contributed by atoms with Crippen molar-refractivity contribution in [2.24, 2.45) is 0 Å². The first-order valence-electron chi connectivity index (χ1n) is 28.2. The third kappa shape index (κ3) is 70.5. The molecule has 0 saturated carbocycles. The Morgan fingerprint density at radius 1 is 0.365 bits per heavy atom. The quantitative estimate of drug-likeness (QED) is 0.0355. The number of aliphatic hydroxyl groups is 4. The van der Waals surface area contributed by atoms with Gasteiger partial charge < -0.3 is 29.9 Å². The fourth-order valence-corrected chi connectivity index (χ4v) is 7.85. The van der Waals surface area contributed by atoms with Crippen molar-refractivity contribution < 1.29 is 34.7 Å². The Morgan fingerprint density at radius 3 is 0.810 bits per heavy atom. The lowest BCUT2D eigenvalue weighted by Crippen LogP contribution is -2.21. The lowest BCUT2D eigenvalue weighted by Gasteiger charge is -2.08. The highest BCUT2D eigenvalue weighted by molar-refractivity contribution is 5.69. The van der Waals surface area contributed by atoms with Gasteiger partial charge in [-0.25, -0.2) is 0 Å². The van der Waals surface area contributed by atoms with Crippen LogP contribution in [0.1, 0.15) is 310 Å². The van der Waals surface area contributed by atoms with Crippen molar-refractivity contribution in [1.29, 1.82) is 0 Å². The molecule has 0 saturated heterocycles. The van der Waals surface area contributed by atoms with Gasteiger partial charge in [0.05, 0.1) is 19.3 Å². The van der Waals surface area contributed by atoms with Gasteiger partial charge in [0.25, 0.3) is 0 Å². The highest BCUT2D eigenvalue weighted by atomic mass is 16.5. The van der Waals surface area contributed by atoms with Crippen molar-refractivity contribution in [3.05, 3.63) is 0 Å². The zero-order valence-corrected chi connectivity index (χ0v) is 43.3. The molecule has 0 radical (unpaired) electrons. The number of hydrogen-bond acceptors (Lipinski definition) is 7. The minimum atomic E-state index is -0.954. The number of carbonyl (C=O) groups excluding carboxylic acids is 1. The van der Waals surface area contributed by atoms with Crippen molar-refractivity contribution in [1.82, 2.24) is 0 Å². The van der Waals surface area contributed by atoms with E-state index in [1.54, 1.807) is 0 Å². The Balaban J connectivity index is -0.00000106. The number of carbonyl (C=O) groups is 1. The molecule has 0 amide bonds. The van der Waals surface area contributed by atoms with E-state index in [9.17, 15) is 4.79 Å². The van der Waals surface area contributed by atoms with Crippen molar-refractivity contribution >= 4 is 5.97 Å². The van der Waals surface area contributed by atoms with Crippen LogP contribution in [0.2, 0.25) is 0 Å². The number of hydrogen-bond donors (Lipinski definition) is 4. The average molecular weight is 902 g/mol. The zero-order valence-electron chi connectivity index (χ0n) is 43.3. The Hall–Kier alpha value is -0.730. The Labute approximate surface area is 394 Å². The second kappa shape index (κ2) is 63.4. The maximum absolute atomic E-state index is 11.4. The Kier molecular flexibility index (Phi) is 66.9. The highest BCUT2D eigenvalue weighted by Crippen LogP contribution is 2.16. The van der Waals surface area contributed by atoms with E-state index in [0.717, 1.165) is 26.1 Å². The summed E-state index contributed by atoms with van der Waals surface area (Å²) in [7, 11) is 0. The third-order valence-corrected chi connectivity index (χ3v) is 12.2. The molecule has 0 bridgehead atoms. The summed E-state index contributed by atoms with van der Waals surface area (Å²) in [6, 6.07) is 0. The van der Waals surface area contributed by atoms with Gasteiger partial charge in [0.15, 0.2) is 0 Å². The van der Waals surface area contributed by atoms with Gasteiger partial charge in [-0.1, -0.05) is 278 Å². The van der Waals surface area contributed by atoms with Crippen LogP contribution in [0, 0.1) is 0 Å². The molecule has 0 aliphatic heterocycles. The summed E-state index contributed by atoms with van der Waals surface area (Å²) in [5, 5.41) is 33.7. The predicted octanol–water partition coefficient (Wildman–Crippen LogP) is 16.5. The molecule has 0 aliphatic rings. The summed E-state index contributed by atoms with van der Waals surface area (Å²) in [4.78, 5) is 11.4. The van der Waals surface area contributed by atoms with Crippen LogP contribution in [0.5, 0.6) is 0 Å². The first-order valence-corrected chi connectivity index (χ1v) is 28.2. The van der Waals surface area contributed by atoms with E-state index in [-0.39, 0.29) is 25.8 Å². The summed E-state index contributed by atoms with van der Waals surface area (Å²) in [5.41, 5.74) is 0. The van der Waals surface area contributed by atoms with Crippen LogP contribution in [-0.4, -0.2) is 71.6 Å². The maximum Gasteiger partial charge on any atom is 0.305 e. The molecule has 7 heteroatoms. The van der Waals surface area contributed by atoms with Gasteiger partial charge in [0.1, 0.15) is 12.7 Å². The van der Waals surface area contributed by atoms with Gasteiger partial charge in [-0.05, 0) is 26.2 Å². The molecular weight excluding hydrogens is 785 g/mol. The molecular formula is C56H116O7. The van der Waals surface area contributed by atoms with Crippen LogP contribution < -0.4 is 0 Å². The minimum Gasteiger partial charge on any atom is -0.463 e. The van der Waals surface area contributed by atoms with Crippen LogP contribution in [0.3, 0.4) is 0 Å². The number of esters is 1. The van der Waals surface area contributed by atoms with Crippen molar-refractivity contribution in [3.8, 4) is 0 Å². The van der Waals surface area contributed by atoms with Crippen LogP contribution in [0.25, 0.3) is 0 Å². The van der Waals surface area contributed by atoms with E-state index in [1.165, 1.54) is 270 Å². The lowest BCUT2D eigenvalue weighted by molar-refractivity contribution is -0.147. The summed E-state index contributed by atoms with van der Waals surface area (Å²) in [5.74, 6) is -0.276. The molecule has 2 unspecified atom stereocenters. The molecule has 2 atom stereocenters. The minimum absolute atomic E-state index is 0.103. The zero-order chi connectivity index (χ0) is 46.8. The lowest BCUT2D eigenvalue weighted by atomic mass is 10.0. The summed E-state index contributed by atoms with van der Waals surface area (Å²) >= 11 is 0. The van der Waals surface area contributed by atoms with E-state index >= 15 is 0 Å². The molecule has 0 heterocycles. The van der Waals surface area contributed by atoms with Gasteiger partial charge in [0.2, 0.25) is 0 Å². The van der Waals surface area contributed by atoms with Crippen molar-refractivity contribution in [2.45, 2.75) is 322 Å². The molecule has 0 rings (SSSR count). The smallest absolute Gasteiger partial charge is 0.305 e. The Morgan fingerprint density at radius 2 is 0.587 bits per heavy atom. The van der Waals surface area contributed by atoms with Gasteiger partial charge in [0, 0.05) is 19.6 Å². The van der Waals surface area contributed by atoms with Gasteiger partial charge in [-0.3, -0.25) is 4.79 Å². The highest BCUT2D eigenvalue weighted by Gasteiger charge is 2.07. The second-order valence-electron chi connectivity index (χ2n) is 19.1. The van der Waals surface area contributed by atoms with Crippen LogP contribution in [0.4, 0.5) is 0 Å². The van der Waals surface area contributed by atoms with Crippen LogP contribution in [0.15, 0.2) is 0 Å². The molecule has 382 valence electrons. The maximum atomic E-state index is 11.4. The predicted molar refractivity (Wildman–Crippen MR) is 274 cm³/mol. The van der Waals surface area contributed by atoms with Crippen LogP contribution in [-0.2, 0) is 14.3 Å². The Bertz CT molecular complexity index is 749. The van der Waals surface area contributed by atoms with E-state index in [2.05, 4.69) is 20.8 Å². The first kappa shape index (κ1) is 66.5. The standard InChI is InChI=1S/C32H66O.C21H42O4.C3H8O2/c1-3-5-7-9-11-13-15-17-19-21-23-25-27-29-31-33-32-30-28-26-24-22-20-18-16-14-12-10-8-6-4-2;1-2-3-4-5-6-7-8-9-10-11-12-13-14-15-16-17-21(24)25-19-20(23)18-22;1-3(5)2-4/h3-32H2,1-2H3;20,22-23H,2-19H2,1H3;3-5H,2H2,1H3. The topological polar surface area (TPSA) is 116 Å². The summed E-state index contributed by atoms with van der Waals surface area (Å²) in [6.45, 7) is 9.78. The average Bonchev–Trinajstić information content (AvgIpc) is 3.29. The molecule has 0 spiro atoms. The van der Waals surface area contributed by atoms with Gasteiger partial charge in [-0.15, -0.1) is 0 Å². The molecule has 4 N–H and O–H groups in total. The molecule has 63 heavy (non-hydrogen) atoms. The second-order valence-corrected chi connectivity index (χ2v) is 19.1. The van der Waals surface area contributed by atoms with Gasteiger partial charge >= 0.3 is 5.97 Å². The largest absolute Gasteiger partial charge is 0.463 e. The number of rotatable bonds is 50. The fraction of sp³-hybridized carbons (Fsp3) is 0.982. The monoisotopic (exact) mass is 901 g/mol. The summed E-state index contributed by atoms with van der Waals surface area (Å²) in [6.07, 6.45) is 58.5. The SMILES string of the molecule is CC(O)CO.CCCCCCCCCCCCCCCCCC(=O)OCC(O)CO.CCCCCCCCCCCCCCCCOCCCCCCCCCCCCCCCC. The molecule has 0 aromatic heterocycles. The van der Waals surface area contributed by atoms with E-state index in [1.807, 2.05) is 0 Å². The van der Waals surface area contributed by atoms with Crippen molar-refractivity contribution in [2.75, 3.05) is 33.0 Å². The molecule has 0 fully saturated rings. The van der Waals surface area contributed by atoms with Gasteiger partial charge in [-0.2, -0.15) is 0 Å². The number of aliphatic hydroxyl groups excluding tert-OH is 4. The van der Waals surface area contributed by atoms with Crippen LogP contribution >= 0.6 is 0 Å². The number of unbranched alkanes of at least 4 members (excludes halogenated alkanes) is 40. The fourth-order valence-electron chi connectivity index (χ4n) is 7.85. The first-order chi connectivity index (χ1) is 30.9. The molecule has 0 aromatic carbocycles.